The molecule has 0 aliphatic heterocycles. The summed E-state index contributed by atoms with van der Waals surface area (Å²) in [6, 6.07) is 0.130. The van der Waals surface area contributed by atoms with Crippen LogP contribution < -0.4 is 11.3 Å². The van der Waals surface area contributed by atoms with Crippen molar-refractivity contribution in [2.24, 2.45) is 18.8 Å². The van der Waals surface area contributed by atoms with E-state index in [2.05, 4.69) is 31.7 Å². The van der Waals surface area contributed by atoms with E-state index in [0.29, 0.717) is 0 Å². The van der Waals surface area contributed by atoms with Crippen molar-refractivity contribution >= 4 is 15.9 Å². The Morgan fingerprint density at radius 3 is 2.76 bits per heavy atom. The maximum absolute atomic E-state index is 5.65. The van der Waals surface area contributed by atoms with Crippen molar-refractivity contribution in [1.82, 2.24) is 20.4 Å². The minimum Gasteiger partial charge on any atom is -0.271 e. The number of hydrazine groups is 1. The number of rotatable bonds is 5. The van der Waals surface area contributed by atoms with Gasteiger partial charge in [-0.25, -0.2) is 4.68 Å². The number of aryl methyl sites for hydroxylation is 1. The highest BCUT2D eigenvalue weighted by molar-refractivity contribution is 9.10. The molecule has 1 unspecified atom stereocenters. The number of halogens is 1. The molecule has 0 saturated heterocycles. The second-order valence-corrected chi connectivity index (χ2v) is 5.59. The van der Waals surface area contributed by atoms with Crippen molar-refractivity contribution in [3.63, 3.8) is 0 Å². The van der Waals surface area contributed by atoms with Gasteiger partial charge in [0, 0.05) is 7.05 Å². The van der Waals surface area contributed by atoms with Crippen molar-refractivity contribution in [3.05, 3.63) is 10.3 Å². The Hall–Kier alpha value is -0.460. The highest BCUT2D eigenvalue weighted by Crippen LogP contribution is 2.32. The van der Waals surface area contributed by atoms with Gasteiger partial charge < -0.3 is 0 Å². The van der Waals surface area contributed by atoms with E-state index in [0.717, 1.165) is 22.6 Å². The quantitative estimate of drug-likeness (QED) is 0.645. The maximum atomic E-state index is 5.65. The van der Waals surface area contributed by atoms with Crippen LogP contribution in [0, 0.1) is 5.92 Å². The molecule has 0 radical (unpaired) electrons. The lowest BCUT2D eigenvalue weighted by Crippen LogP contribution is -2.30. The number of nitrogens with zero attached hydrogens (tertiary/aromatic N) is 3. The van der Waals surface area contributed by atoms with Gasteiger partial charge in [-0.15, -0.1) is 5.10 Å². The van der Waals surface area contributed by atoms with Gasteiger partial charge in [-0.2, -0.15) is 0 Å². The molecule has 1 fully saturated rings. The van der Waals surface area contributed by atoms with E-state index < -0.39 is 0 Å². The summed E-state index contributed by atoms with van der Waals surface area (Å²) < 4.78 is 2.57. The van der Waals surface area contributed by atoms with Gasteiger partial charge in [0.2, 0.25) is 0 Å². The lowest BCUT2D eigenvalue weighted by Gasteiger charge is -2.18. The van der Waals surface area contributed by atoms with Crippen LogP contribution in [0.25, 0.3) is 0 Å². The van der Waals surface area contributed by atoms with E-state index in [9.17, 15) is 0 Å². The molecule has 0 spiro atoms. The van der Waals surface area contributed by atoms with Gasteiger partial charge >= 0.3 is 0 Å². The Labute approximate surface area is 110 Å². The zero-order valence-corrected chi connectivity index (χ0v) is 11.8. The summed E-state index contributed by atoms with van der Waals surface area (Å²) in [5, 5.41) is 7.99. The number of aromatic nitrogens is 3. The van der Waals surface area contributed by atoms with Crippen LogP contribution in [0.5, 0.6) is 0 Å². The summed E-state index contributed by atoms with van der Waals surface area (Å²) in [5.74, 6) is 6.53. The van der Waals surface area contributed by atoms with Crippen LogP contribution in [0.1, 0.15) is 50.3 Å². The third-order valence-corrected chi connectivity index (χ3v) is 4.26. The molecular formula is C11H20BrN5. The average Bonchev–Trinajstić information content (AvgIpc) is 2.93. The Balaban J connectivity index is 1.96. The zero-order valence-electron chi connectivity index (χ0n) is 10.2. The number of nitrogens with one attached hydrogen (secondary N) is 1. The Morgan fingerprint density at radius 2 is 2.24 bits per heavy atom. The first kappa shape index (κ1) is 13.0. The third kappa shape index (κ3) is 3.05. The second kappa shape index (κ2) is 5.93. The average molecular weight is 302 g/mol. The molecule has 1 atom stereocenters. The number of hydrogen-bond acceptors (Lipinski definition) is 4. The van der Waals surface area contributed by atoms with Crippen LogP contribution in [0.15, 0.2) is 4.60 Å². The van der Waals surface area contributed by atoms with Crippen LogP contribution in [-0.4, -0.2) is 15.0 Å². The molecule has 1 aliphatic carbocycles. The molecule has 96 valence electrons. The van der Waals surface area contributed by atoms with Gasteiger partial charge in [0.05, 0.1) is 11.7 Å². The SMILES string of the molecule is Cn1nnc(Br)c1C(CCC1CCCC1)NN. The van der Waals surface area contributed by atoms with E-state index in [4.69, 9.17) is 5.84 Å². The van der Waals surface area contributed by atoms with E-state index in [1.807, 2.05) is 7.05 Å². The van der Waals surface area contributed by atoms with E-state index >= 15 is 0 Å². The molecule has 1 saturated carbocycles. The molecule has 0 amide bonds. The summed E-state index contributed by atoms with van der Waals surface area (Å²) in [6.45, 7) is 0. The molecule has 0 bridgehead atoms. The predicted octanol–water partition coefficient (Wildman–Crippen LogP) is 2.05. The fourth-order valence-corrected chi connectivity index (χ4v) is 3.31. The van der Waals surface area contributed by atoms with Gasteiger partial charge in [0.25, 0.3) is 0 Å². The molecule has 17 heavy (non-hydrogen) atoms. The normalized spacial score (nSPS) is 18.8. The Morgan fingerprint density at radius 1 is 1.53 bits per heavy atom. The first-order valence-corrected chi connectivity index (χ1v) is 7.03. The second-order valence-electron chi connectivity index (χ2n) is 4.84. The van der Waals surface area contributed by atoms with Gasteiger partial charge in [0.15, 0.2) is 4.60 Å². The summed E-state index contributed by atoms with van der Waals surface area (Å²) in [6.07, 6.45) is 7.81. The molecule has 0 aromatic carbocycles. The van der Waals surface area contributed by atoms with Crippen LogP contribution in [0.2, 0.25) is 0 Å². The predicted molar refractivity (Wildman–Crippen MR) is 70.0 cm³/mol. The molecular weight excluding hydrogens is 282 g/mol. The van der Waals surface area contributed by atoms with Gasteiger partial charge in [-0.3, -0.25) is 11.3 Å². The van der Waals surface area contributed by atoms with Gasteiger partial charge in [-0.1, -0.05) is 30.9 Å². The van der Waals surface area contributed by atoms with Crippen molar-refractivity contribution in [1.29, 1.82) is 0 Å². The minimum absolute atomic E-state index is 0.130. The highest BCUT2D eigenvalue weighted by atomic mass is 79.9. The number of hydrogen-bond donors (Lipinski definition) is 2. The van der Waals surface area contributed by atoms with Crippen molar-refractivity contribution in [2.45, 2.75) is 44.6 Å². The summed E-state index contributed by atoms with van der Waals surface area (Å²) in [4.78, 5) is 0. The van der Waals surface area contributed by atoms with Crippen LogP contribution in [-0.2, 0) is 7.05 Å². The van der Waals surface area contributed by atoms with Gasteiger partial charge in [0.1, 0.15) is 0 Å². The van der Waals surface area contributed by atoms with Gasteiger partial charge in [-0.05, 0) is 34.7 Å². The van der Waals surface area contributed by atoms with E-state index in [-0.39, 0.29) is 6.04 Å². The van der Waals surface area contributed by atoms with Crippen LogP contribution >= 0.6 is 15.9 Å². The molecule has 1 aliphatic rings. The van der Waals surface area contributed by atoms with Crippen LogP contribution in [0.3, 0.4) is 0 Å². The first-order chi connectivity index (χ1) is 8.22. The smallest absolute Gasteiger partial charge is 0.153 e. The molecule has 5 nitrogen and oxygen atoms in total. The third-order valence-electron chi connectivity index (χ3n) is 3.70. The van der Waals surface area contributed by atoms with E-state index in [1.54, 1.807) is 4.68 Å². The fourth-order valence-electron chi connectivity index (χ4n) is 2.71. The summed E-state index contributed by atoms with van der Waals surface area (Å²) in [7, 11) is 1.90. The molecule has 6 heteroatoms. The zero-order chi connectivity index (χ0) is 12.3. The Kier molecular flexibility index (Phi) is 4.53. The summed E-state index contributed by atoms with van der Waals surface area (Å²) >= 11 is 3.42. The van der Waals surface area contributed by atoms with Crippen molar-refractivity contribution < 1.29 is 0 Å². The molecule has 2 rings (SSSR count). The number of nitrogens with two attached hydrogens (primary N) is 1. The standard InChI is InChI=1S/C11H20BrN5/c1-17-10(11(12)15-16-17)9(14-13)7-6-8-4-2-3-5-8/h8-9,14H,2-7,13H2,1H3. The maximum Gasteiger partial charge on any atom is 0.153 e. The fraction of sp³-hybridized carbons (Fsp3) is 0.818. The topological polar surface area (TPSA) is 68.8 Å². The van der Waals surface area contributed by atoms with Crippen LogP contribution in [0.4, 0.5) is 0 Å². The van der Waals surface area contributed by atoms with Crippen molar-refractivity contribution in [3.8, 4) is 0 Å². The minimum atomic E-state index is 0.130. The molecule has 1 aromatic rings. The largest absolute Gasteiger partial charge is 0.271 e. The molecule has 3 N–H and O–H groups in total. The first-order valence-electron chi connectivity index (χ1n) is 6.23. The lowest BCUT2D eigenvalue weighted by atomic mass is 9.97. The van der Waals surface area contributed by atoms with E-state index in [1.165, 1.54) is 32.1 Å². The monoisotopic (exact) mass is 301 g/mol. The molecule has 1 heterocycles. The molecule has 1 aromatic heterocycles. The highest BCUT2D eigenvalue weighted by Gasteiger charge is 2.22. The van der Waals surface area contributed by atoms with Crippen molar-refractivity contribution in [2.75, 3.05) is 0 Å². The lowest BCUT2D eigenvalue weighted by molar-refractivity contribution is 0.402. The summed E-state index contributed by atoms with van der Waals surface area (Å²) in [5.41, 5.74) is 3.91. The Bertz CT molecular complexity index is 339.